The maximum absolute atomic E-state index is 12.2. The monoisotopic (exact) mass is 1250 g/mol. The van der Waals surface area contributed by atoms with E-state index in [-0.39, 0.29) is 42.9 Å². The standard InChI is InChI=1S/C20H26I.C18H15S.2C4HF9O3S/c1-19(2,3)15-7-11-17(12-8-15)21-18-13-9-16(10-14-18)20(4,5)6;1-4-10-16(11-5-1)19(17-12-6-2-7-13-17)18-14-8-3-9-15-18;2*5-1(6,3(9,10)11)2(7,8)4(12,13)17(14,15)16/h7-14H,1-6H3;1-15H;2*(H,14,15,16)/q2*+1;;/p-2. The predicted molar refractivity (Wildman–Crippen MR) is 230 cm³/mol. The van der Waals surface area contributed by atoms with Crippen molar-refractivity contribution < 1.29 is 126 Å². The van der Waals surface area contributed by atoms with Gasteiger partial charge in [-0.3, -0.25) is 0 Å². The maximum atomic E-state index is 12.2. The lowest BCUT2D eigenvalue weighted by Crippen LogP contribution is -3.61. The van der Waals surface area contributed by atoms with Gasteiger partial charge in [0.25, 0.3) is 0 Å². The highest BCUT2D eigenvalue weighted by Crippen LogP contribution is 2.55. The first-order chi connectivity index (χ1) is 33.1. The highest BCUT2D eigenvalue weighted by Gasteiger charge is 2.85. The van der Waals surface area contributed by atoms with Crippen molar-refractivity contribution in [2.45, 2.75) is 114 Å². The van der Waals surface area contributed by atoms with E-state index in [0.29, 0.717) is 0 Å². The summed E-state index contributed by atoms with van der Waals surface area (Å²) in [5.41, 5.74) is 3.31. The van der Waals surface area contributed by atoms with Gasteiger partial charge in [-0.1, -0.05) is 120 Å². The zero-order valence-corrected chi connectivity index (χ0v) is 43.2. The Labute approximate surface area is 426 Å². The molecule has 0 unspecified atom stereocenters. The van der Waals surface area contributed by atoms with Crippen LogP contribution in [0.15, 0.2) is 154 Å². The van der Waals surface area contributed by atoms with Crippen LogP contribution in [0.4, 0.5) is 79.0 Å². The largest absolute Gasteiger partial charge is 0.743 e. The second-order valence-corrected chi connectivity index (χ2v) is 25.0. The van der Waals surface area contributed by atoms with E-state index < -0.39 is 66.8 Å². The van der Waals surface area contributed by atoms with Crippen LogP contribution in [-0.4, -0.2) is 72.5 Å². The van der Waals surface area contributed by atoms with Crippen LogP contribution in [0.1, 0.15) is 52.7 Å². The molecule has 5 rings (SSSR count). The Bertz CT molecular complexity index is 2560. The van der Waals surface area contributed by atoms with Crippen molar-refractivity contribution in [3.8, 4) is 0 Å². The van der Waals surface area contributed by atoms with Crippen molar-refractivity contribution in [3.05, 3.63) is 158 Å². The molecule has 5 aromatic rings. The summed E-state index contributed by atoms with van der Waals surface area (Å²) >= 11 is -0.0703. The average molecular weight is 1250 g/mol. The number of hydrogen-bond acceptors (Lipinski definition) is 6. The molecule has 6 nitrogen and oxygen atoms in total. The van der Waals surface area contributed by atoms with E-state index in [2.05, 4.69) is 181 Å². The number of benzene rings is 5. The van der Waals surface area contributed by atoms with Gasteiger partial charge in [0, 0.05) is 0 Å². The molecule has 0 radical (unpaired) electrons. The summed E-state index contributed by atoms with van der Waals surface area (Å²) in [6.07, 6.45) is -14.3. The van der Waals surface area contributed by atoms with Gasteiger partial charge in [-0.25, -0.2) is 16.8 Å². The van der Waals surface area contributed by atoms with Crippen molar-refractivity contribution in [1.29, 1.82) is 0 Å². The Morgan fingerprint density at radius 3 is 0.743 bits per heavy atom. The summed E-state index contributed by atoms with van der Waals surface area (Å²) < 4.78 is 274. The SMILES string of the molecule is CC(C)(C)c1ccc([I+]c2ccc(C(C)(C)C)cc2)cc1.O=S(=O)([O-])C(F)(F)C(F)(F)C(F)(F)C(F)(F)F.O=S(=O)([O-])C(F)(F)C(F)(F)C(F)(F)C(F)(F)F.c1ccc([S+](c2ccccc2)c2ccccc2)cc1. The van der Waals surface area contributed by atoms with Crippen molar-refractivity contribution in [1.82, 2.24) is 0 Å². The molecule has 0 fully saturated rings. The molecule has 0 aromatic heterocycles. The number of alkyl halides is 18. The fourth-order valence-electron chi connectivity index (χ4n) is 5.27. The van der Waals surface area contributed by atoms with Crippen LogP contribution in [0.2, 0.25) is 0 Å². The fraction of sp³-hybridized carbons (Fsp3) is 0.348. The van der Waals surface area contributed by atoms with Gasteiger partial charge in [0.1, 0.15) is 0 Å². The highest BCUT2D eigenvalue weighted by molar-refractivity contribution is 7.97. The van der Waals surface area contributed by atoms with Crippen LogP contribution in [-0.2, 0) is 42.0 Å². The van der Waals surface area contributed by atoms with Crippen molar-refractivity contribution in [2.75, 3.05) is 0 Å². The molecule has 412 valence electrons. The summed E-state index contributed by atoms with van der Waals surface area (Å²) in [4.78, 5) is 4.08. The number of hydrogen-bond donors (Lipinski definition) is 0. The van der Waals surface area contributed by atoms with E-state index in [9.17, 15) is 105 Å². The molecule has 0 heterocycles. The molecule has 0 bridgehead atoms. The van der Waals surface area contributed by atoms with Gasteiger partial charge in [-0.15, -0.1) is 0 Å². The Hall–Kier alpha value is -4.26. The molecule has 0 spiro atoms. The van der Waals surface area contributed by atoms with E-state index in [4.69, 9.17) is 0 Å². The molecule has 0 amide bonds. The van der Waals surface area contributed by atoms with E-state index >= 15 is 0 Å². The first-order valence-electron chi connectivity index (χ1n) is 20.2. The quantitative estimate of drug-likeness (QED) is 0.0563. The Kier molecular flexibility index (Phi) is 21.0. The molecule has 0 aliphatic rings. The van der Waals surface area contributed by atoms with Crippen molar-refractivity contribution in [2.24, 2.45) is 0 Å². The third-order valence-electron chi connectivity index (χ3n) is 9.44. The van der Waals surface area contributed by atoms with Gasteiger partial charge in [-0.05, 0) is 82.6 Å². The summed E-state index contributed by atoms with van der Waals surface area (Å²) in [7, 11) is -14.8. The first-order valence-corrected chi connectivity index (χ1v) is 26.4. The summed E-state index contributed by atoms with van der Waals surface area (Å²) in [6.45, 7) is 13.6. The molecule has 5 aromatic carbocycles. The van der Waals surface area contributed by atoms with Gasteiger partial charge in [0.2, 0.25) is 0 Å². The molecule has 74 heavy (non-hydrogen) atoms. The molecule has 0 saturated heterocycles. The second-order valence-electron chi connectivity index (χ2n) is 17.1. The molecule has 0 saturated carbocycles. The van der Waals surface area contributed by atoms with Crippen LogP contribution >= 0.6 is 0 Å². The van der Waals surface area contributed by atoms with Gasteiger partial charge in [-0.2, -0.15) is 79.0 Å². The van der Waals surface area contributed by atoms with E-state index in [0.717, 1.165) is 0 Å². The lowest BCUT2D eigenvalue weighted by atomic mass is 9.87. The zero-order valence-electron chi connectivity index (χ0n) is 38.6. The minimum Gasteiger partial charge on any atom is -0.743 e. The zero-order chi connectivity index (χ0) is 57.6. The number of halogens is 19. The molecule has 28 heteroatoms. The summed E-state index contributed by atoms with van der Waals surface area (Å²) in [6, 6.07) is 50.6. The van der Waals surface area contributed by atoms with Gasteiger partial charge in [0.15, 0.2) is 42.1 Å². The predicted octanol–water partition coefficient (Wildman–Crippen LogP) is 11.1. The van der Waals surface area contributed by atoms with Crippen LogP contribution in [0, 0.1) is 7.14 Å². The van der Waals surface area contributed by atoms with E-state index in [1.807, 2.05) is 0 Å². The molecule has 0 atom stereocenters. The third-order valence-corrected chi connectivity index (χ3v) is 16.1. The van der Waals surface area contributed by atoms with Gasteiger partial charge < -0.3 is 9.11 Å². The normalized spacial score (nSPS) is 13.7. The number of rotatable bonds is 11. The maximum Gasteiger partial charge on any atom is 0.460 e. The fourth-order valence-corrected chi connectivity index (χ4v) is 10.4. The lowest BCUT2D eigenvalue weighted by Gasteiger charge is -2.34. The molecular weight excluding hydrogens is 1210 g/mol. The molecule has 0 aliphatic heterocycles. The molecular formula is C46H41F18IO6S3. The van der Waals surface area contributed by atoms with Gasteiger partial charge >= 0.3 is 67.8 Å². The first kappa shape index (κ1) is 65.9. The topological polar surface area (TPSA) is 114 Å². The van der Waals surface area contributed by atoms with Crippen LogP contribution < -0.4 is 21.2 Å². The molecule has 0 N–H and O–H groups in total. The summed E-state index contributed by atoms with van der Waals surface area (Å²) in [5, 5.41) is -14.2. The highest BCUT2D eigenvalue weighted by atomic mass is 127. The van der Waals surface area contributed by atoms with E-state index in [1.54, 1.807) is 0 Å². The average Bonchev–Trinajstić information content (AvgIpc) is 3.26. The minimum atomic E-state index is -7.43. The van der Waals surface area contributed by atoms with Crippen LogP contribution in [0.25, 0.3) is 0 Å². The summed E-state index contributed by atoms with van der Waals surface area (Å²) in [5.74, 6) is -29.6. The third kappa shape index (κ3) is 15.5. The lowest BCUT2D eigenvalue weighted by molar-refractivity contribution is -0.597. The second kappa shape index (κ2) is 23.5. The Morgan fingerprint density at radius 2 is 0.568 bits per heavy atom. The van der Waals surface area contributed by atoms with Crippen molar-refractivity contribution >= 4 is 31.1 Å². The van der Waals surface area contributed by atoms with E-state index in [1.165, 1.54) is 33.0 Å². The molecule has 0 aliphatic carbocycles. The Morgan fingerprint density at radius 1 is 0.351 bits per heavy atom. The minimum absolute atomic E-state index is 0.0146. The van der Waals surface area contributed by atoms with Crippen molar-refractivity contribution in [3.63, 3.8) is 0 Å². The smallest absolute Gasteiger partial charge is 0.460 e. The van der Waals surface area contributed by atoms with Crippen LogP contribution in [0.3, 0.4) is 0 Å². The Balaban J connectivity index is 0.000000340. The van der Waals surface area contributed by atoms with Crippen LogP contribution in [0.5, 0.6) is 0 Å². The van der Waals surface area contributed by atoms with Gasteiger partial charge in [0.05, 0.1) is 10.9 Å².